The first-order chi connectivity index (χ1) is 8.40. The predicted octanol–water partition coefficient (Wildman–Crippen LogP) is 1.11. The summed E-state index contributed by atoms with van der Waals surface area (Å²) in [6.07, 6.45) is 0. The van der Waals surface area contributed by atoms with Crippen LogP contribution in [0.25, 0.3) is 0 Å². The highest BCUT2D eigenvalue weighted by molar-refractivity contribution is 5.95. The molecule has 18 heavy (non-hydrogen) atoms. The lowest BCUT2D eigenvalue weighted by molar-refractivity contribution is -0.384. The van der Waals surface area contributed by atoms with Crippen molar-refractivity contribution < 1.29 is 19.9 Å². The Balaban J connectivity index is 3.40. The van der Waals surface area contributed by atoms with E-state index < -0.39 is 16.6 Å². The van der Waals surface area contributed by atoms with Crippen LogP contribution in [0.15, 0.2) is 18.2 Å². The SMILES string of the molecule is CC(CO)N(C)c1cccc(C(=O)O)c1[N+](=O)[O-]. The molecule has 0 saturated heterocycles. The first-order valence-corrected chi connectivity index (χ1v) is 5.24. The van der Waals surface area contributed by atoms with Crippen LogP contribution in [-0.4, -0.2) is 40.8 Å². The van der Waals surface area contributed by atoms with Crippen molar-refractivity contribution in [2.45, 2.75) is 13.0 Å². The van der Waals surface area contributed by atoms with Crippen molar-refractivity contribution in [1.82, 2.24) is 0 Å². The highest BCUT2D eigenvalue weighted by atomic mass is 16.6. The highest BCUT2D eigenvalue weighted by Crippen LogP contribution is 2.32. The van der Waals surface area contributed by atoms with E-state index in [-0.39, 0.29) is 23.9 Å². The van der Waals surface area contributed by atoms with Crippen LogP contribution < -0.4 is 4.90 Å². The molecule has 0 aromatic heterocycles. The van der Waals surface area contributed by atoms with Gasteiger partial charge in [0, 0.05) is 13.1 Å². The number of para-hydroxylation sites is 1. The van der Waals surface area contributed by atoms with E-state index in [1.54, 1.807) is 14.0 Å². The summed E-state index contributed by atoms with van der Waals surface area (Å²) in [6.45, 7) is 1.49. The van der Waals surface area contributed by atoms with Gasteiger partial charge in [0.2, 0.25) is 0 Å². The van der Waals surface area contributed by atoms with Gasteiger partial charge in [0.05, 0.1) is 11.5 Å². The molecule has 1 unspecified atom stereocenters. The fourth-order valence-corrected chi connectivity index (χ4v) is 1.54. The number of carboxylic acids is 1. The van der Waals surface area contributed by atoms with Crippen LogP contribution in [0.3, 0.4) is 0 Å². The van der Waals surface area contributed by atoms with Gasteiger partial charge >= 0.3 is 11.7 Å². The Morgan fingerprint density at radius 1 is 1.56 bits per heavy atom. The number of aromatic carboxylic acids is 1. The molecule has 0 aliphatic heterocycles. The molecule has 0 amide bonds. The Morgan fingerprint density at radius 3 is 2.61 bits per heavy atom. The normalized spacial score (nSPS) is 11.9. The molecule has 1 aromatic carbocycles. The third-order valence-corrected chi connectivity index (χ3v) is 2.73. The lowest BCUT2D eigenvalue weighted by Gasteiger charge is -2.25. The number of likely N-dealkylation sites (N-methyl/N-ethyl adjacent to an activating group) is 1. The van der Waals surface area contributed by atoms with Gasteiger partial charge in [0.1, 0.15) is 11.3 Å². The molecule has 0 bridgehead atoms. The van der Waals surface area contributed by atoms with Crippen LogP contribution in [-0.2, 0) is 0 Å². The Bertz CT molecular complexity index is 475. The minimum Gasteiger partial charge on any atom is -0.477 e. The molecular weight excluding hydrogens is 240 g/mol. The van der Waals surface area contributed by atoms with Gasteiger partial charge in [0.25, 0.3) is 0 Å². The second kappa shape index (κ2) is 5.46. The number of aliphatic hydroxyl groups is 1. The number of nitro benzene ring substituents is 1. The Kier molecular flexibility index (Phi) is 4.22. The molecule has 0 aliphatic rings. The average Bonchev–Trinajstić information content (AvgIpc) is 2.35. The Morgan fingerprint density at radius 2 is 2.17 bits per heavy atom. The van der Waals surface area contributed by atoms with Crippen molar-refractivity contribution in [2.75, 3.05) is 18.6 Å². The summed E-state index contributed by atoms with van der Waals surface area (Å²) >= 11 is 0. The minimum absolute atomic E-state index is 0.168. The Labute approximate surface area is 103 Å². The number of rotatable bonds is 5. The number of hydrogen-bond acceptors (Lipinski definition) is 5. The maximum Gasteiger partial charge on any atom is 0.342 e. The summed E-state index contributed by atoms with van der Waals surface area (Å²) in [7, 11) is 1.56. The van der Waals surface area contributed by atoms with Gasteiger partial charge in [-0.2, -0.15) is 0 Å². The van der Waals surface area contributed by atoms with Crippen LogP contribution in [0.1, 0.15) is 17.3 Å². The van der Waals surface area contributed by atoms with E-state index in [1.165, 1.54) is 23.1 Å². The molecule has 1 rings (SSSR count). The number of carboxylic acid groups (broad SMARTS) is 1. The smallest absolute Gasteiger partial charge is 0.342 e. The van der Waals surface area contributed by atoms with Crippen molar-refractivity contribution in [1.29, 1.82) is 0 Å². The first kappa shape index (κ1) is 13.9. The van der Waals surface area contributed by atoms with Crippen molar-refractivity contribution in [3.05, 3.63) is 33.9 Å². The highest BCUT2D eigenvalue weighted by Gasteiger charge is 2.27. The van der Waals surface area contributed by atoms with E-state index in [9.17, 15) is 14.9 Å². The standard InChI is InChI=1S/C11H14N2O5/c1-7(6-14)12(2)9-5-3-4-8(11(15)16)10(9)13(17)18/h3-5,7,14H,6H2,1-2H3,(H,15,16). The molecule has 98 valence electrons. The van der Waals surface area contributed by atoms with E-state index in [1.807, 2.05) is 0 Å². The van der Waals surface area contributed by atoms with Gasteiger partial charge in [-0.25, -0.2) is 4.79 Å². The quantitative estimate of drug-likeness (QED) is 0.602. The van der Waals surface area contributed by atoms with Crippen molar-refractivity contribution >= 4 is 17.3 Å². The fourth-order valence-electron chi connectivity index (χ4n) is 1.54. The third kappa shape index (κ3) is 2.57. The van der Waals surface area contributed by atoms with E-state index >= 15 is 0 Å². The maximum atomic E-state index is 11.0. The average molecular weight is 254 g/mol. The number of benzene rings is 1. The minimum atomic E-state index is -1.35. The largest absolute Gasteiger partial charge is 0.477 e. The number of hydrogen-bond donors (Lipinski definition) is 2. The van der Waals surface area contributed by atoms with E-state index in [2.05, 4.69) is 0 Å². The molecule has 7 heteroatoms. The molecule has 0 aliphatic carbocycles. The Hall–Kier alpha value is -2.15. The van der Waals surface area contributed by atoms with Gasteiger partial charge in [-0.15, -0.1) is 0 Å². The van der Waals surface area contributed by atoms with E-state index in [4.69, 9.17) is 10.2 Å². The fraction of sp³-hybridized carbons (Fsp3) is 0.364. The second-order valence-corrected chi connectivity index (χ2v) is 3.88. The summed E-state index contributed by atoms with van der Waals surface area (Å²) in [4.78, 5) is 22.7. The molecule has 1 aromatic rings. The number of anilines is 1. The predicted molar refractivity (Wildman–Crippen MR) is 65.0 cm³/mol. The van der Waals surface area contributed by atoms with Crippen LogP contribution in [0, 0.1) is 10.1 Å². The topological polar surface area (TPSA) is 104 Å². The molecule has 2 N–H and O–H groups in total. The van der Waals surface area contributed by atoms with Gasteiger partial charge in [-0.05, 0) is 19.1 Å². The summed E-state index contributed by atoms with van der Waals surface area (Å²) < 4.78 is 0. The van der Waals surface area contributed by atoms with Crippen LogP contribution in [0.4, 0.5) is 11.4 Å². The lowest BCUT2D eigenvalue weighted by atomic mass is 10.1. The zero-order chi connectivity index (χ0) is 13.9. The zero-order valence-electron chi connectivity index (χ0n) is 10.0. The third-order valence-electron chi connectivity index (χ3n) is 2.73. The van der Waals surface area contributed by atoms with E-state index in [0.717, 1.165) is 0 Å². The molecule has 0 radical (unpaired) electrons. The first-order valence-electron chi connectivity index (χ1n) is 5.24. The number of aliphatic hydroxyl groups excluding tert-OH is 1. The summed E-state index contributed by atoms with van der Waals surface area (Å²) in [6, 6.07) is 3.72. The molecule has 0 heterocycles. The van der Waals surface area contributed by atoms with Gasteiger partial charge in [-0.3, -0.25) is 10.1 Å². The number of nitrogens with zero attached hydrogens (tertiary/aromatic N) is 2. The second-order valence-electron chi connectivity index (χ2n) is 3.88. The molecule has 0 spiro atoms. The summed E-state index contributed by atoms with van der Waals surface area (Å²) in [5.74, 6) is -1.35. The van der Waals surface area contributed by atoms with Crippen molar-refractivity contribution in [3.8, 4) is 0 Å². The van der Waals surface area contributed by atoms with Crippen LogP contribution in [0.5, 0.6) is 0 Å². The monoisotopic (exact) mass is 254 g/mol. The van der Waals surface area contributed by atoms with Gasteiger partial charge < -0.3 is 15.1 Å². The lowest BCUT2D eigenvalue weighted by Crippen LogP contribution is -2.32. The van der Waals surface area contributed by atoms with Crippen LogP contribution in [0.2, 0.25) is 0 Å². The zero-order valence-corrected chi connectivity index (χ0v) is 10.0. The van der Waals surface area contributed by atoms with E-state index in [0.29, 0.717) is 0 Å². The number of nitro groups is 1. The van der Waals surface area contributed by atoms with Gasteiger partial charge in [-0.1, -0.05) is 6.07 Å². The maximum absolute atomic E-state index is 11.0. The molecule has 7 nitrogen and oxygen atoms in total. The van der Waals surface area contributed by atoms with Gasteiger partial charge in [0.15, 0.2) is 0 Å². The summed E-state index contributed by atoms with van der Waals surface area (Å²) in [5, 5.41) is 29.0. The number of carbonyl (C=O) groups is 1. The summed E-state index contributed by atoms with van der Waals surface area (Å²) in [5.41, 5.74) is -0.663. The van der Waals surface area contributed by atoms with Crippen LogP contribution >= 0.6 is 0 Å². The molecule has 0 fully saturated rings. The molecule has 0 saturated carbocycles. The molecule has 1 atom stereocenters. The van der Waals surface area contributed by atoms with Crippen molar-refractivity contribution in [3.63, 3.8) is 0 Å². The molecular formula is C11H14N2O5. The van der Waals surface area contributed by atoms with Crippen molar-refractivity contribution in [2.24, 2.45) is 0 Å².